The Balaban J connectivity index is 1.54. The summed E-state index contributed by atoms with van der Waals surface area (Å²) in [5.41, 5.74) is 2.16. The van der Waals surface area contributed by atoms with Gasteiger partial charge in [-0.05, 0) is 37.3 Å². The average Bonchev–Trinajstić information content (AvgIpc) is 3.10. The van der Waals surface area contributed by atoms with Crippen LogP contribution in [-0.4, -0.2) is 39.4 Å². The maximum Gasteiger partial charge on any atom is 0.251 e. The monoisotopic (exact) mass is 459 g/mol. The van der Waals surface area contributed by atoms with Crippen LogP contribution < -0.4 is 15.4 Å². The second-order valence-electron chi connectivity index (χ2n) is 6.69. The van der Waals surface area contributed by atoms with E-state index >= 15 is 0 Å². The third-order valence-corrected chi connectivity index (χ3v) is 5.67. The molecule has 3 aromatic rings. The number of carbonyl (C=O) groups excluding carboxylic acids is 2. The molecule has 8 nitrogen and oxygen atoms in total. The van der Waals surface area contributed by atoms with Crippen LogP contribution in [0.1, 0.15) is 21.7 Å². The molecular formula is C21H22ClN5O3S. The first-order valence-electron chi connectivity index (χ1n) is 9.36. The van der Waals surface area contributed by atoms with E-state index in [1.807, 2.05) is 19.1 Å². The number of rotatable bonds is 8. The molecule has 1 heterocycles. The number of benzene rings is 2. The van der Waals surface area contributed by atoms with Crippen molar-refractivity contribution in [2.45, 2.75) is 18.6 Å². The van der Waals surface area contributed by atoms with Gasteiger partial charge in [0.15, 0.2) is 11.0 Å². The second-order valence-corrected chi connectivity index (χ2v) is 8.07. The van der Waals surface area contributed by atoms with Gasteiger partial charge in [-0.2, -0.15) is 0 Å². The van der Waals surface area contributed by atoms with Crippen molar-refractivity contribution < 1.29 is 14.3 Å². The standard InChI is InChI=1S/C21H22ClN5O3S/c1-13-4-6-14(7-5-13)20(29)23-11-18-25-26-21(27(18)2)31-12-19(28)24-16-10-15(22)8-9-17(16)30-3/h4-10H,11-12H2,1-3H3,(H,23,29)(H,24,28). The summed E-state index contributed by atoms with van der Waals surface area (Å²) >= 11 is 7.22. The molecule has 0 unspecified atom stereocenters. The molecule has 0 aliphatic rings. The Hall–Kier alpha value is -3.04. The van der Waals surface area contributed by atoms with Gasteiger partial charge in [0.2, 0.25) is 5.91 Å². The van der Waals surface area contributed by atoms with Gasteiger partial charge in [0.25, 0.3) is 5.91 Å². The minimum absolute atomic E-state index is 0.122. The quantitative estimate of drug-likeness (QED) is 0.501. The zero-order valence-corrected chi connectivity index (χ0v) is 18.9. The second kappa shape index (κ2) is 10.3. The Labute approximate surface area is 189 Å². The number of aromatic nitrogens is 3. The molecule has 10 heteroatoms. The molecule has 0 fully saturated rings. The Morgan fingerprint density at radius 2 is 1.90 bits per heavy atom. The lowest BCUT2D eigenvalue weighted by molar-refractivity contribution is -0.113. The summed E-state index contributed by atoms with van der Waals surface area (Å²) in [5.74, 6) is 0.805. The van der Waals surface area contributed by atoms with Gasteiger partial charge in [-0.15, -0.1) is 10.2 Å². The van der Waals surface area contributed by atoms with E-state index in [0.717, 1.165) is 5.56 Å². The number of halogens is 1. The predicted molar refractivity (Wildman–Crippen MR) is 121 cm³/mol. The first-order chi connectivity index (χ1) is 14.9. The van der Waals surface area contributed by atoms with E-state index in [4.69, 9.17) is 16.3 Å². The molecule has 0 aliphatic carbocycles. The van der Waals surface area contributed by atoms with E-state index < -0.39 is 0 Å². The van der Waals surface area contributed by atoms with Gasteiger partial charge >= 0.3 is 0 Å². The van der Waals surface area contributed by atoms with Gasteiger partial charge in [-0.1, -0.05) is 41.1 Å². The molecular weight excluding hydrogens is 438 g/mol. The molecule has 0 saturated heterocycles. The first kappa shape index (κ1) is 22.6. The van der Waals surface area contributed by atoms with Crippen LogP contribution in [0.3, 0.4) is 0 Å². The predicted octanol–water partition coefficient (Wildman–Crippen LogP) is 3.45. The smallest absolute Gasteiger partial charge is 0.251 e. The van der Waals surface area contributed by atoms with E-state index in [1.54, 1.807) is 41.9 Å². The Morgan fingerprint density at radius 1 is 1.16 bits per heavy atom. The molecule has 0 atom stereocenters. The van der Waals surface area contributed by atoms with Crippen LogP contribution in [0.15, 0.2) is 47.6 Å². The third-order valence-electron chi connectivity index (χ3n) is 4.41. The van der Waals surface area contributed by atoms with Crippen molar-refractivity contribution in [1.82, 2.24) is 20.1 Å². The molecule has 2 N–H and O–H groups in total. The number of aryl methyl sites for hydroxylation is 1. The maximum absolute atomic E-state index is 12.3. The highest BCUT2D eigenvalue weighted by molar-refractivity contribution is 7.99. The molecule has 2 aromatic carbocycles. The minimum atomic E-state index is -0.234. The molecule has 162 valence electrons. The van der Waals surface area contributed by atoms with Gasteiger partial charge in [0.05, 0.1) is 25.1 Å². The third kappa shape index (κ3) is 5.99. The van der Waals surface area contributed by atoms with Gasteiger partial charge in [-0.25, -0.2) is 0 Å². The van der Waals surface area contributed by atoms with E-state index in [0.29, 0.717) is 33.0 Å². The summed E-state index contributed by atoms with van der Waals surface area (Å²) in [6.45, 7) is 2.19. The summed E-state index contributed by atoms with van der Waals surface area (Å²) in [7, 11) is 3.31. The maximum atomic E-state index is 12.3. The molecule has 0 aliphatic heterocycles. The van der Waals surface area contributed by atoms with Crippen molar-refractivity contribution in [3.8, 4) is 5.75 Å². The fourth-order valence-corrected chi connectivity index (χ4v) is 3.59. The lowest BCUT2D eigenvalue weighted by Gasteiger charge is -2.10. The summed E-state index contributed by atoms with van der Waals surface area (Å²) in [4.78, 5) is 24.6. The van der Waals surface area contributed by atoms with Crippen LogP contribution in [0.25, 0.3) is 0 Å². The van der Waals surface area contributed by atoms with Crippen LogP contribution in [0.2, 0.25) is 5.02 Å². The minimum Gasteiger partial charge on any atom is -0.495 e. The van der Waals surface area contributed by atoms with Crippen LogP contribution in [0.5, 0.6) is 5.75 Å². The van der Waals surface area contributed by atoms with Crippen LogP contribution in [0, 0.1) is 6.92 Å². The Kier molecular flexibility index (Phi) is 7.54. The van der Waals surface area contributed by atoms with Gasteiger partial charge in [-0.3, -0.25) is 9.59 Å². The number of nitrogens with zero attached hydrogens (tertiary/aromatic N) is 3. The van der Waals surface area contributed by atoms with Gasteiger partial charge in [0, 0.05) is 17.6 Å². The molecule has 31 heavy (non-hydrogen) atoms. The van der Waals surface area contributed by atoms with Gasteiger partial charge in [0.1, 0.15) is 5.75 Å². The highest BCUT2D eigenvalue weighted by atomic mass is 35.5. The largest absolute Gasteiger partial charge is 0.495 e. The van der Waals surface area contributed by atoms with E-state index in [-0.39, 0.29) is 24.1 Å². The van der Waals surface area contributed by atoms with Crippen LogP contribution in [-0.2, 0) is 18.4 Å². The SMILES string of the molecule is COc1ccc(Cl)cc1NC(=O)CSc1nnc(CNC(=O)c2ccc(C)cc2)n1C. The van der Waals surface area contributed by atoms with Crippen molar-refractivity contribution >= 4 is 40.9 Å². The lowest BCUT2D eigenvalue weighted by atomic mass is 10.1. The molecule has 0 bridgehead atoms. The van der Waals surface area contributed by atoms with Crippen LogP contribution >= 0.6 is 23.4 Å². The molecule has 3 rings (SSSR count). The number of hydrogen-bond donors (Lipinski definition) is 2. The van der Waals surface area contributed by atoms with E-state index in [2.05, 4.69) is 20.8 Å². The Bertz CT molecular complexity index is 1090. The zero-order chi connectivity index (χ0) is 22.4. The summed E-state index contributed by atoms with van der Waals surface area (Å²) in [5, 5.41) is 14.9. The zero-order valence-electron chi connectivity index (χ0n) is 17.3. The number of nitrogens with one attached hydrogen (secondary N) is 2. The molecule has 0 radical (unpaired) electrons. The Morgan fingerprint density at radius 3 is 2.61 bits per heavy atom. The molecule has 2 amide bonds. The summed E-state index contributed by atoms with van der Waals surface area (Å²) < 4.78 is 6.97. The van der Waals surface area contributed by atoms with Crippen molar-refractivity contribution in [3.63, 3.8) is 0 Å². The normalized spacial score (nSPS) is 10.6. The van der Waals surface area contributed by atoms with Crippen molar-refractivity contribution in [3.05, 3.63) is 64.4 Å². The number of ether oxygens (including phenoxy) is 1. The molecule has 0 spiro atoms. The molecule has 1 aromatic heterocycles. The number of carbonyl (C=O) groups is 2. The van der Waals surface area contributed by atoms with E-state index in [1.165, 1.54) is 18.9 Å². The van der Waals surface area contributed by atoms with E-state index in [9.17, 15) is 9.59 Å². The fraction of sp³-hybridized carbons (Fsp3) is 0.238. The number of hydrogen-bond acceptors (Lipinski definition) is 6. The first-order valence-corrected chi connectivity index (χ1v) is 10.7. The summed E-state index contributed by atoms with van der Waals surface area (Å²) in [6, 6.07) is 12.3. The van der Waals surface area contributed by atoms with Crippen molar-refractivity contribution in [1.29, 1.82) is 0 Å². The highest BCUT2D eigenvalue weighted by Crippen LogP contribution is 2.28. The topological polar surface area (TPSA) is 98.1 Å². The van der Waals surface area contributed by atoms with Crippen LogP contribution in [0.4, 0.5) is 5.69 Å². The highest BCUT2D eigenvalue weighted by Gasteiger charge is 2.14. The van der Waals surface area contributed by atoms with Crippen molar-refractivity contribution in [2.24, 2.45) is 7.05 Å². The number of amides is 2. The number of methoxy groups -OCH3 is 1. The molecule has 0 saturated carbocycles. The van der Waals surface area contributed by atoms with Crippen molar-refractivity contribution in [2.75, 3.05) is 18.2 Å². The lowest BCUT2D eigenvalue weighted by Crippen LogP contribution is -2.24. The number of thioether (sulfide) groups is 1. The number of anilines is 1. The fourth-order valence-electron chi connectivity index (χ4n) is 2.69. The van der Waals surface area contributed by atoms with Gasteiger partial charge < -0.3 is 19.9 Å². The average molecular weight is 460 g/mol. The summed E-state index contributed by atoms with van der Waals surface area (Å²) in [6.07, 6.45) is 0.